The summed E-state index contributed by atoms with van der Waals surface area (Å²) in [5.41, 5.74) is 0. The summed E-state index contributed by atoms with van der Waals surface area (Å²) in [4.78, 5) is 0. The van der Waals surface area contributed by atoms with Crippen molar-refractivity contribution in [3.05, 3.63) is 0 Å². The summed E-state index contributed by atoms with van der Waals surface area (Å²) in [6, 6.07) is 0. The van der Waals surface area contributed by atoms with Crippen LogP contribution < -0.4 is 0 Å². The van der Waals surface area contributed by atoms with Gasteiger partial charge in [0, 0.05) is 6.42 Å². The second-order valence-corrected chi connectivity index (χ2v) is 4.44. The lowest BCUT2D eigenvalue weighted by Crippen LogP contribution is -2.61. The molecule has 0 aromatic heterocycles. The van der Waals surface area contributed by atoms with E-state index < -0.39 is 47.4 Å². The molecule has 1 N–H and O–H groups in total. The molecular weight excluding hydrogens is 339 g/mol. The van der Waals surface area contributed by atoms with Crippen molar-refractivity contribution < 1.29 is 56.7 Å². The molecule has 0 unspecified atom stereocenters. The van der Waals surface area contributed by atoms with E-state index in [-0.39, 0.29) is 0 Å². The van der Waals surface area contributed by atoms with Crippen molar-refractivity contribution in [1.29, 1.82) is 0 Å². The summed E-state index contributed by atoms with van der Waals surface area (Å²) in [5, 5.41) is 0. The first-order valence-electron chi connectivity index (χ1n) is 4.28. The molecule has 0 fully saturated rings. The fourth-order valence-electron chi connectivity index (χ4n) is 0.840. The lowest BCUT2D eigenvalue weighted by molar-refractivity contribution is -0.397. The number of hydrogen-bond donors (Lipinski definition) is 1. The van der Waals surface area contributed by atoms with Crippen LogP contribution in [0.5, 0.6) is 0 Å². The quantitative estimate of drug-likeness (QED) is 0.594. The van der Waals surface area contributed by atoms with Crippen LogP contribution in [-0.2, 0) is 14.6 Å². The Morgan fingerprint density at radius 3 is 1.55 bits per heavy atom. The molecule has 0 spiro atoms. The standard InChI is InChI=1S/C6H5F9O4S/c7-3(8,1-2-19-20(16,17)18)4(9,10)5(11,12)6(13,14)15/h1-2H2,(H,16,17,18). The van der Waals surface area contributed by atoms with Gasteiger partial charge in [0.25, 0.3) is 0 Å². The number of hydrogen-bond acceptors (Lipinski definition) is 3. The van der Waals surface area contributed by atoms with Crippen LogP contribution in [-0.4, -0.2) is 43.5 Å². The molecule has 0 aromatic carbocycles. The van der Waals surface area contributed by atoms with Crippen LogP contribution in [0.1, 0.15) is 6.42 Å². The summed E-state index contributed by atoms with van der Waals surface area (Å²) in [6.07, 6.45) is -9.46. The molecule has 20 heavy (non-hydrogen) atoms. The SMILES string of the molecule is O=S(=O)(O)OCCC(F)(F)C(F)(F)C(F)(F)C(F)(F)F. The van der Waals surface area contributed by atoms with Crippen LogP contribution in [0.25, 0.3) is 0 Å². The molecule has 0 atom stereocenters. The smallest absolute Gasteiger partial charge is 0.264 e. The average molecular weight is 344 g/mol. The zero-order valence-electron chi connectivity index (χ0n) is 8.90. The topological polar surface area (TPSA) is 63.6 Å². The third-order valence-corrected chi connectivity index (χ3v) is 2.32. The summed E-state index contributed by atoms with van der Waals surface area (Å²) in [5.74, 6) is -19.8. The minimum atomic E-state index is -7.05. The average Bonchev–Trinajstić information content (AvgIpc) is 2.12. The fourth-order valence-corrected chi connectivity index (χ4v) is 1.13. The van der Waals surface area contributed by atoms with Gasteiger partial charge in [0.1, 0.15) is 0 Å². The van der Waals surface area contributed by atoms with Gasteiger partial charge in [0.05, 0.1) is 6.61 Å². The third kappa shape index (κ3) is 3.88. The molecule has 0 aromatic rings. The Kier molecular flexibility index (Phi) is 5.02. The Morgan fingerprint density at radius 1 is 0.850 bits per heavy atom. The molecule has 0 heterocycles. The third-order valence-electron chi connectivity index (χ3n) is 1.86. The highest BCUT2D eigenvalue weighted by molar-refractivity contribution is 7.80. The summed E-state index contributed by atoms with van der Waals surface area (Å²) < 4.78 is 141. The van der Waals surface area contributed by atoms with Crippen molar-refractivity contribution in [3.8, 4) is 0 Å². The maximum atomic E-state index is 12.7. The predicted octanol–water partition coefficient (Wildman–Crippen LogP) is 2.66. The van der Waals surface area contributed by atoms with Crippen LogP contribution in [0, 0.1) is 0 Å². The van der Waals surface area contributed by atoms with Crippen LogP contribution in [0.2, 0.25) is 0 Å². The number of rotatable bonds is 6. The van der Waals surface area contributed by atoms with Gasteiger partial charge < -0.3 is 0 Å². The molecular formula is C6H5F9O4S. The van der Waals surface area contributed by atoms with Crippen molar-refractivity contribution in [3.63, 3.8) is 0 Å². The van der Waals surface area contributed by atoms with Crippen molar-refractivity contribution in [1.82, 2.24) is 0 Å². The van der Waals surface area contributed by atoms with Gasteiger partial charge in [0.15, 0.2) is 0 Å². The van der Waals surface area contributed by atoms with Gasteiger partial charge in [-0.05, 0) is 0 Å². The second-order valence-electron chi connectivity index (χ2n) is 3.35. The maximum Gasteiger partial charge on any atom is 0.460 e. The van der Waals surface area contributed by atoms with E-state index in [1.165, 1.54) is 0 Å². The van der Waals surface area contributed by atoms with Crippen molar-refractivity contribution >= 4 is 10.4 Å². The monoisotopic (exact) mass is 344 g/mol. The highest BCUT2D eigenvalue weighted by atomic mass is 32.3. The Bertz CT molecular complexity index is 440. The Hall–Kier alpha value is -0.760. The Morgan fingerprint density at radius 2 is 1.25 bits per heavy atom. The fraction of sp³-hybridized carbons (Fsp3) is 1.00. The van der Waals surface area contributed by atoms with Crippen molar-refractivity contribution in [2.45, 2.75) is 30.4 Å². The van der Waals surface area contributed by atoms with E-state index >= 15 is 0 Å². The number of halogens is 9. The summed E-state index contributed by atoms with van der Waals surface area (Å²) in [6.45, 7) is -1.94. The van der Waals surface area contributed by atoms with Crippen LogP contribution in [0.3, 0.4) is 0 Å². The van der Waals surface area contributed by atoms with E-state index in [0.717, 1.165) is 0 Å². The molecule has 0 rings (SSSR count). The first-order valence-corrected chi connectivity index (χ1v) is 5.64. The molecule has 4 nitrogen and oxygen atoms in total. The van der Waals surface area contributed by atoms with E-state index in [0.29, 0.717) is 0 Å². The van der Waals surface area contributed by atoms with E-state index in [2.05, 4.69) is 4.18 Å². The van der Waals surface area contributed by atoms with Gasteiger partial charge in [0.2, 0.25) is 0 Å². The van der Waals surface area contributed by atoms with Crippen LogP contribution in [0.15, 0.2) is 0 Å². The van der Waals surface area contributed by atoms with Crippen molar-refractivity contribution in [2.24, 2.45) is 0 Å². The van der Waals surface area contributed by atoms with Gasteiger partial charge in [-0.15, -0.1) is 0 Å². The molecule has 0 bridgehead atoms. The van der Waals surface area contributed by atoms with Gasteiger partial charge in [-0.2, -0.15) is 47.9 Å². The maximum absolute atomic E-state index is 12.7. The summed E-state index contributed by atoms with van der Waals surface area (Å²) >= 11 is 0. The van der Waals surface area contributed by atoms with Gasteiger partial charge in [-0.1, -0.05) is 0 Å². The molecule has 0 aliphatic rings. The van der Waals surface area contributed by atoms with Crippen LogP contribution >= 0.6 is 0 Å². The normalized spacial score (nSPS) is 15.5. The Labute approximate surface area is 105 Å². The molecule has 0 saturated heterocycles. The highest BCUT2D eigenvalue weighted by Crippen LogP contribution is 2.53. The largest absolute Gasteiger partial charge is 0.460 e. The van der Waals surface area contributed by atoms with Gasteiger partial charge in [-0.25, -0.2) is 4.18 Å². The molecule has 14 heteroatoms. The lowest BCUT2D eigenvalue weighted by atomic mass is 10.0. The van der Waals surface area contributed by atoms with Crippen molar-refractivity contribution in [2.75, 3.05) is 6.61 Å². The second kappa shape index (κ2) is 5.22. The van der Waals surface area contributed by atoms with Gasteiger partial charge >= 0.3 is 34.3 Å². The van der Waals surface area contributed by atoms with Crippen LogP contribution in [0.4, 0.5) is 39.5 Å². The molecule has 0 amide bonds. The highest BCUT2D eigenvalue weighted by Gasteiger charge is 2.81. The van der Waals surface area contributed by atoms with E-state index in [9.17, 15) is 47.9 Å². The molecule has 122 valence electrons. The zero-order chi connectivity index (χ0) is 16.6. The first-order chi connectivity index (χ1) is 8.46. The Balaban J connectivity index is 5.17. The zero-order valence-corrected chi connectivity index (χ0v) is 9.71. The van der Waals surface area contributed by atoms with Gasteiger partial charge in [-0.3, -0.25) is 4.55 Å². The minimum absolute atomic E-state index is 1.94. The number of alkyl halides is 9. The van der Waals surface area contributed by atoms with E-state index in [1.54, 1.807) is 0 Å². The minimum Gasteiger partial charge on any atom is -0.264 e. The molecule has 0 aliphatic carbocycles. The van der Waals surface area contributed by atoms with E-state index in [1.807, 2.05) is 0 Å². The summed E-state index contributed by atoms with van der Waals surface area (Å²) in [7, 11) is -5.34. The molecule has 0 aliphatic heterocycles. The molecule has 0 radical (unpaired) electrons. The molecule has 0 saturated carbocycles. The first kappa shape index (κ1) is 19.2. The lowest BCUT2D eigenvalue weighted by Gasteiger charge is -2.33. The van der Waals surface area contributed by atoms with E-state index in [4.69, 9.17) is 4.55 Å². The predicted molar refractivity (Wildman–Crippen MR) is 43.0 cm³/mol.